The van der Waals surface area contributed by atoms with Gasteiger partial charge in [-0.2, -0.15) is 0 Å². The first-order valence-electron chi connectivity index (χ1n) is 20.7. The van der Waals surface area contributed by atoms with Crippen molar-refractivity contribution in [1.82, 2.24) is 0 Å². The van der Waals surface area contributed by atoms with Crippen LogP contribution in [-0.2, 0) is 32.7 Å². The van der Waals surface area contributed by atoms with Gasteiger partial charge in [0, 0.05) is 19.4 Å². The van der Waals surface area contributed by atoms with Crippen molar-refractivity contribution in [3.8, 4) is 0 Å². The largest absolute Gasteiger partial charge is 0.472 e. The Balaban J connectivity index is 4.14. The van der Waals surface area contributed by atoms with E-state index in [9.17, 15) is 19.0 Å². The van der Waals surface area contributed by atoms with E-state index >= 15 is 0 Å². The van der Waals surface area contributed by atoms with Gasteiger partial charge in [0.1, 0.15) is 6.61 Å². The molecule has 0 aromatic rings. The third-order valence-electron chi connectivity index (χ3n) is 8.90. The van der Waals surface area contributed by atoms with E-state index < -0.39 is 26.5 Å². The lowest BCUT2D eigenvalue weighted by Gasteiger charge is -2.19. The molecule has 1 unspecified atom stereocenters. The van der Waals surface area contributed by atoms with Crippen molar-refractivity contribution in [2.75, 3.05) is 26.4 Å². The molecule has 0 saturated carbocycles. The lowest BCUT2D eigenvalue weighted by Crippen LogP contribution is -2.29. The van der Waals surface area contributed by atoms with Crippen LogP contribution in [0, 0.1) is 0 Å². The Labute approximate surface area is 307 Å². The first-order valence-corrected chi connectivity index (χ1v) is 22.2. The molecular formula is C40H78NO8P. The van der Waals surface area contributed by atoms with Crippen LogP contribution in [0.25, 0.3) is 0 Å². The van der Waals surface area contributed by atoms with Crippen LogP contribution in [0.2, 0.25) is 0 Å². The number of carbonyl (C=O) groups excluding carboxylic acids is 2. The van der Waals surface area contributed by atoms with Crippen LogP contribution in [0.15, 0.2) is 12.2 Å². The second-order valence-electron chi connectivity index (χ2n) is 13.9. The van der Waals surface area contributed by atoms with E-state index in [0.29, 0.717) is 6.42 Å². The minimum Gasteiger partial charge on any atom is -0.462 e. The Bertz CT molecular complexity index is 840. The normalized spacial score (nSPS) is 13.4. The Kier molecular flexibility index (Phi) is 36.6. The van der Waals surface area contributed by atoms with Gasteiger partial charge in [0.05, 0.1) is 13.2 Å². The highest BCUT2D eigenvalue weighted by Gasteiger charge is 2.26. The molecule has 0 amide bonds. The van der Waals surface area contributed by atoms with Crippen LogP contribution >= 0.6 is 7.82 Å². The van der Waals surface area contributed by atoms with Gasteiger partial charge in [-0.05, 0) is 38.5 Å². The summed E-state index contributed by atoms with van der Waals surface area (Å²) in [6, 6.07) is 0. The predicted molar refractivity (Wildman–Crippen MR) is 206 cm³/mol. The molecule has 2 atom stereocenters. The fraction of sp³-hybridized carbons (Fsp3) is 0.900. The van der Waals surface area contributed by atoms with Gasteiger partial charge in [0.25, 0.3) is 0 Å². The van der Waals surface area contributed by atoms with Gasteiger partial charge in [0.15, 0.2) is 6.10 Å². The number of hydrogen-bond donors (Lipinski definition) is 2. The molecule has 10 heteroatoms. The zero-order chi connectivity index (χ0) is 36.8. The summed E-state index contributed by atoms with van der Waals surface area (Å²) in [5.74, 6) is -0.826. The van der Waals surface area contributed by atoms with Crippen molar-refractivity contribution < 1.29 is 37.6 Å². The fourth-order valence-electron chi connectivity index (χ4n) is 5.81. The number of unbranched alkanes of at least 4 members (excludes halogenated alkanes) is 24. The first kappa shape index (κ1) is 48.8. The third kappa shape index (κ3) is 36.5. The smallest absolute Gasteiger partial charge is 0.462 e. The summed E-state index contributed by atoms with van der Waals surface area (Å²) < 4.78 is 32.7. The number of carbonyl (C=O) groups is 2. The Morgan fingerprint density at radius 2 is 0.980 bits per heavy atom. The lowest BCUT2D eigenvalue weighted by atomic mass is 10.0. The molecule has 3 N–H and O–H groups in total. The lowest BCUT2D eigenvalue weighted by molar-refractivity contribution is -0.161. The van der Waals surface area contributed by atoms with Crippen LogP contribution < -0.4 is 5.73 Å². The number of ether oxygens (including phenoxy) is 2. The molecular weight excluding hydrogens is 653 g/mol. The summed E-state index contributed by atoms with van der Waals surface area (Å²) in [6.45, 7) is 3.73. The number of phosphoric acid groups is 1. The molecule has 0 heterocycles. The minimum atomic E-state index is -4.37. The molecule has 0 aromatic carbocycles. The van der Waals surface area contributed by atoms with Crippen LogP contribution in [0.5, 0.6) is 0 Å². The van der Waals surface area contributed by atoms with Crippen LogP contribution in [-0.4, -0.2) is 49.3 Å². The molecule has 0 aliphatic carbocycles. The standard InChI is InChI=1S/C40H78NO8P/c1-3-5-7-9-11-13-15-17-18-19-20-21-23-24-26-28-30-32-39(42)46-36-38(37-48-50(44,45)47-35-34-41)49-40(43)33-31-29-27-25-22-16-14-12-10-8-6-4-2/h17-18,38H,3-16,19-37,41H2,1-2H3,(H,44,45)/b18-17-/t38-/m1/s1. The monoisotopic (exact) mass is 732 g/mol. The molecule has 0 spiro atoms. The van der Waals surface area contributed by atoms with E-state index in [1.807, 2.05) is 0 Å². The number of nitrogens with two attached hydrogens (primary N) is 1. The van der Waals surface area contributed by atoms with Crippen molar-refractivity contribution in [1.29, 1.82) is 0 Å². The van der Waals surface area contributed by atoms with E-state index in [1.54, 1.807) is 0 Å². The zero-order valence-corrected chi connectivity index (χ0v) is 33.3. The quantitative estimate of drug-likeness (QED) is 0.0274. The highest BCUT2D eigenvalue weighted by atomic mass is 31.2. The van der Waals surface area contributed by atoms with Gasteiger partial charge in [-0.15, -0.1) is 0 Å². The molecule has 0 saturated heterocycles. The van der Waals surface area contributed by atoms with Crippen molar-refractivity contribution >= 4 is 19.8 Å². The Morgan fingerprint density at radius 3 is 1.42 bits per heavy atom. The molecule has 0 aromatic heterocycles. The van der Waals surface area contributed by atoms with Gasteiger partial charge in [0.2, 0.25) is 0 Å². The average molecular weight is 732 g/mol. The van der Waals surface area contributed by atoms with Crippen molar-refractivity contribution in [2.24, 2.45) is 5.73 Å². The zero-order valence-electron chi connectivity index (χ0n) is 32.4. The van der Waals surface area contributed by atoms with E-state index in [-0.39, 0.29) is 38.6 Å². The first-order chi connectivity index (χ1) is 24.3. The maximum absolute atomic E-state index is 12.5. The molecule has 0 radical (unpaired) electrons. The highest BCUT2D eigenvalue weighted by Crippen LogP contribution is 2.43. The SMILES string of the molecule is CCCCCCCC/C=C\CCCCCCCCCC(=O)OC[C@H](COP(=O)(O)OCCN)OC(=O)CCCCCCCCCCCCCC. The number of esters is 2. The maximum atomic E-state index is 12.5. The summed E-state index contributed by atoms with van der Waals surface area (Å²) in [6.07, 6.45) is 36.6. The van der Waals surface area contributed by atoms with Crippen molar-refractivity contribution in [3.05, 3.63) is 12.2 Å². The molecule has 0 aliphatic rings. The minimum absolute atomic E-state index is 0.0555. The molecule has 0 rings (SSSR count). The van der Waals surface area contributed by atoms with E-state index in [2.05, 4.69) is 26.0 Å². The molecule has 50 heavy (non-hydrogen) atoms. The number of hydrogen-bond acceptors (Lipinski definition) is 8. The summed E-state index contributed by atoms with van der Waals surface area (Å²) in [5, 5.41) is 0. The Morgan fingerprint density at radius 1 is 0.580 bits per heavy atom. The summed E-state index contributed by atoms with van der Waals surface area (Å²) >= 11 is 0. The number of rotatable bonds is 39. The second-order valence-corrected chi connectivity index (χ2v) is 15.3. The summed E-state index contributed by atoms with van der Waals surface area (Å²) in [4.78, 5) is 34.8. The summed E-state index contributed by atoms with van der Waals surface area (Å²) in [5.41, 5.74) is 5.34. The molecule has 0 bridgehead atoms. The van der Waals surface area contributed by atoms with Gasteiger partial charge < -0.3 is 20.1 Å². The average Bonchev–Trinajstić information content (AvgIpc) is 3.10. The van der Waals surface area contributed by atoms with Crippen LogP contribution in [0.3, 0.4) is 0 Å². The molecule has 9 nitrogen and oxygen atoms in total. The van der Waals surface area contributed by atoms with Crippen LogP contribution in [0.1, 0.15) is 200 Å². The molecule has 0 fully saturated rings. The topological polar surface area (TPSA) is 134 Å². The van der Waals surface area contributed by atoms with E-state index in [4.69, 9.17) is 24.3 Å². The second kappa shape index (κ2) is 37.5. The fourth-order valence-corrected chi connectivity index (χ4v) is 6.57. The molecule has 0 aliphatic heterocycles. The van der Waals surface area contributed by atoms with Gasteiger partial charge >= 0.3 is 19.8 Å². The molecule has 296 valence electrons. The van der Waals surface area contributed by atoms with Gasteiger partial charge in [-0.1, -0.05) is 161 Å². The highest BCUT2D eigenvalue weighted by molar-refractivity contribution is 7.47. The van der Waals surface area contributed by atoms with Gasteiger partial charge in [-0.3, -0.25) is 18.6 Å². The van der Waals surface area contributed by atoms with Gasteiger partial charge in [-0.25, -0.2) is 4.57 Å². The van der Waals surface area contributed by atoms with E-state index in [1.165, 1.54) is 135 Å². The number of phosphoric ester groups is 1. The Hall–Kier alpha value is -1.25. The maximum Gasteiger partial charge on any atom is 0.472 e. The number of allylic oxidation sites excluding steroid dienone is 2. The van der Waals surface area contributed by atoms with Crippen LogP contribution in [0.4, 0.5) is 0 Å². The van der Waals surface area contributed by atoms with Crippen molar-refractivity contribution in [2.45, 2.75) is 206 Å². The predicted octanol–water partition coefficient (Wildman–Crippen LogP) is 11.4. The summed E-state index contributed by atoms with van der Waals surface area (Å²) in [7, 11) is -4.37. The van der Waals surface area contributed by atoms with Crippen molar-refractivity contribution in [3.63, 3.8) is 0 Å². The third-order valence-corrected chi connectivity index (χ3v) is 9.89. The van der Waals surface area contributed by atoms with E-state index in [0.717, 1.165) is 32.1 Å².